The van der Waals surface area contributed by atoms with Gasteiger partial charge in [-0.05, 0) is 25.8 Å². The van der Waals surface area contributed by atoms with Crippen LogP contribution in [0.3, 0.4) is 0 Å². The maximum Gasteiger partial charge on any atom is 0.276 e. The lowest BCUT2D eigenvalue weighted by Crippen LogP contribution is -2.23. The van der Waals surface area contributed by atoms with Crippen LogP contribution in [0.4, 0.5) is 11.6 Å². The average molecular weight is 361 g/mol. The zero-order valence-corrected chi connectivity index (χ0v) is 14.9. The fourth-order valence-corrected chi connectivity index (χ4v) is 2.93. The van der Waals surface area contributed by atoms with Crippen LogP contribution in [-0.2, 0) is 11.3 Å². The molecule has 0 atom stereocenters. The molecule has 1 aromatic carbocycles. The fraction of sp³-hybridized carbons (Fsp3) is 0.389. The lowest BCUT2D eigenvalue weighted by atomic mass is 10.2. The van der Waals surface area contributed by atoms with E-state index < -0.39 is 0 Å². The first-order valence-corrected chi connectivity index (χ1v) is 8.81. The number of hydrogen-bond donors (Lipinski definition) is 1. The van der Waals surface area contributed by atoms with Crippen LogP contribution in [0.15, 0.2) is 30.5 Å². The Bertz CT molecular complexity index is 748. The minimum absolute atomic E-state index is 0.185. The van der Waals surface area contributed by atoms with Crippen molar-refractivity contribution < 1.29 is 9.53 Å². The third-order valence-electron chi connectivity index (χ3n) is 4.06. The molecule has 1 aliphatic heterocycles. The first-order valence-electron chi connectivity index (χ1n) is 8.43. The SMILES string of the molecule is CCOCc1ccccc1NC(=O)c1nc(N2CCCC2)ncc1Cl. The molecule has 1 saturated heterocycles. The summed E-state index contributed by atoms with van der Waals surface area (Å²) in [5, 5.41) is 3.12. The number of carbonyl (C=O) groups is 1. The van der Waals surface area contributed by atoms with Gasteiger partial charge in [-0.3, -0.25) is 4.79 Å². The summed E-state index contributed by atoms with van der Waals surface area (Å²) in [6.07, 6.45) is 3.71. The minimum atomic E-state index is -0.350. The minimum Gasteiger partial charge on any atom is -0.377 e. The van der Waals surface area contributed by atoms with Crippen molar-refractivity contribution in [3.8, 4) is 0 Å². The van der Waals surface area contributed by atoms with Gasteiger partial charge in [0.15, 0.2) is 5.69 Å². The van der Waals surface area contributed by atoms with E-state index in [1.165, 1.54) is 6.20 Å². The van der Waals surface area contributed by atoms with Gasteiger partial charge >= 0.3 is 0 Å². The smallest absolute Gasteiger partial charge is 0.276 e. The Morgan fingerprint density at radius 2 is 2.08 bits per heavy atom. The van der Waals surface area contributed by atoms with Gasteiger partial charge in [-0.25, -0.2) is 9.97 Å². The Morgan fingerprint density at radius 1 is 1.32 bits per heavy atom. The van der Waals surface area contributed by atoms with E-state index in [-0.39, 0.29) is 16.6 Å². The van der Waals surface area contributed by atoms with Crippen molar-refractivity contribution >= 4 is 29.1 Å². The molecule has 6 nitrogen and oxygen atoms in total. The molecule has 1 aromatic heterocycles. The van der Waals surface area contributed by atoms with Crippen molar-refractivity contribution in [2.75, 3.05) is 29.9 Å². The van der Waals surface area contributed by atoms with Gasteiger partial charge in [-0.1, -0.05) is 29.8 Å². The van der Waals surface area contributed by atoms with Crippen LogP contribution in [0.5, 0.6) is 0 Å². The Labute approximate surface area is 152 Å². The molecule has 2 heterocycles. The van der Waals surface area contributed by atoms with E-state index in [1.807, 2.05) is 31.2 Å². The van der Waals surface area contributed by atoms with Crippen LogP contribution < -0.4 is 10.2 Å². The number of benzene rings is 1. The number of hydrogen-bond acceptors (Lipinski definition) is 5. The molecule has 0 bridgehead atoms. The zero-order chi connectivity index (χ0) is 17.6. The number of halogens is 1. The molecule has 0 aliphatic carbocycles. The van der Waals surface area contributed by atoms with Crippen molar-refractivity contribution in [2.24, 2.45) is 0 Å². The molecule has 0 saturated carbocycles. The van der Waals surface area contributed by atoms with Crippen molar-refractivity contribution in [1.82, 2.24) is 9.97 Å². The average Bonchev–Trinajstić information content (AvgIpc) is 3.16. The van der Waals surface area contributed by atoms with Gasteiger partial charge in [0.1, 0.15) is 0 Å². The molecular weight excluding hydrogens is 340 g/mol. The lowest BCUT2D eigenvalue weighted by Gasteiger charge is -2.16. The van der Waals surface area contributed by atoms with E-state index in [2.05, 4.69) is 20.2 Å². The van der Waals surface area contributed by atoms with E-state index in [9.17, 15) is 4.79 Å². The van der Waals surface area contributed by atoms with Gasteiger partial charge in [0.05, 0.1) is 17.8 Å². The second-order valence-corrected chi connectivity index (χ2v) is 6.22. The number of nitrogens with one attached hydrogen (secondary N) is 1. The summed E-state index contributed by atoms with van der Waals surface area (Å²) in [6.45, 7) is 4.78. The molecular formula is C18H21ClN4O2. The number of ether oxygens (including phenoxy) is 1. The molecule has 3 rings (SSSR count). The number of nitrogens with zero attached hydrogens (tertiary/aromatic N) is 3. The molecule has 1 aliphatic rings. The third kappa shape index (κ3) is 4.27. The van der Waals surface area contributed by atoms with Gasteiger partial charge in [0, 0.05) is 30.9 Å². The summed E-state index contributed by atoms with van der Waals surface area (Å²) < 4.78 is 5.45. The van der Waals surface area contributed by atoms with Crippen LogP contribution in [0, 0.1) is 0 Å². The number of aromatic nitrogens is 2. The number of carbonyl (C=O) groups excluding carboxylic acids is 1. The van der Waals surface area contributed by atoms with Crippen LogP contribution in [0.1, 0.15) is 35.8 Å². The maximum atomic E-state index is 12.7. The Morgan fingerprint density at radius 3 is 2.84 bits per heavy atom. The monoisotopic (exact) mass is 360 g/mol. The summed E-state index contributed by atoms with van der Waals surface area (Å²) in [4.78, 5) is 23.4. The molecule has 0 unspecified atom stereocenters. The van der Waals surface area contributed by atoms with Crippen molar-refractivity contribution in [1.29, 1.82) is 0 Å². The number of amides is 1. The zero-order valence-electron chi connectivity index (χ0n) is 14.2. The number of rotatable bonds is 6. The summed E-state index contributed by atoms with van der Waals surface area (Å²) in [7, 11) is 0. The molecule has 0 radical (unpaired) electrons. The van der Waals surface area contributed by atoms with E-state index in [4.69, 9.17) is 16.3 Å². The molecule has 1 N–H and O–H groups in total. The summed E-state index contributed by atoms with van der Waals surface area (Å²) in [5.41, 5.74) is 1.78. The highest BCUT2D eigenvalue weighted by Crippen LogP contribution is 2.22. The normalized spacial score (nSPS) is 13.9. The topological polar surface area (TPSA) is 67.3 Å². The highest BCUT2D eigenvalue weighted by Gasteiger charge is 2.20. The molecule has 132 valence electrons. The molecule has 7 heteroatoms. The van der Waals surface area contributed by atoms with Gasteiger partial charge in [0.25, 0.3) is 5.91 Å². The van der Waals surface area contributed by atoms with Crippen molar-refractivity contribution in [2.45, 2.75) is 26.4 Å². The molecule has 0 spiro atoms. The molecule has 1 fully saturated rings. The quantitative estimate of drug-likeness (QED) is 0.853. The predicted octanol–water partition coefficient (Wildman–Crippen LogP) is 3.52. The van der Waals surface area contributed by atoms with Crippen LogP contribution in [-0.4, -0.2) is 35.6 Å². The third-order valence-corrected chi connectivity index (χ3v) is 4.34. The van der Waals surface area contributed by atoms with E-state index in [0.717, 1.165) is 31.5 Å². The second kappa shape index (κ2) is 8.27. The van der Waals surface area contributed by atoms with E-state index in [1.54, 1.807) is 0 Å². The van der Waals surface area contributed by atoms with Gasteiger partial charge in [-0.2, -0.15) is 0 Å². The lowest BCUT2D eigenvalue weighted by molar-refractivity contribution is 0.102. The molecule has 1 amide bonds. The summed E-state index contributed by atoms with van der Waals surface area (Å²) in [5.74, 6) is 0.200. The van der Waals surface area contributed by atoms with Crippen LogP contribution in [0.25, 0.3) is 0 Å². The van der Waals surface area contributed by atoms with Gasteiger partial charge in [0.2, 0.25) is 5.95 Å². The first kappa shape index (κ1) is 17.6. The predicted molar refractivity (Wildman–Crippen MR) is 98.2 cm³/mol. The van der Waals surface area contributed by atoms with Crippen molar-refractivity contribution in [3.63, 3.8) is 0 Å². The van der Waals surface area contributed by atoms with Gasteiger partial charge in [-0.15, -0.1) is 0 Å². The molecule has 2 aromatic rings. The van der Waals surface area contributed by atoms with E-state index in [0.29, 0.717) is 24.8 Å². The Hall–Kier alpha value is -2.18. The highest BCUT2D eigenvalue weighted by molar-refractivity contribution is 6.34. The standard InChI is InChI=1S/C18H21ClN4O2/c1-2-25-12-13-7-3-4-8-15(13)21-17(24)16-14(19)11-20-18(22-16)23-9-5-6-10-23/h3-4,7-8,11H,2,5-6,9-10,12H2,1H3,(H,21,24). The largest absolute Gasteiger partial charge is 0.377 e. The van der Waals surface area contributed by atoms with Gasteiger partial charge < -0.3 is 15.0 Å². The first-order chi connectivity index (χ1) is 12.2. The summed E-state index contributed by atoms with van der Waals surface area (Å²) >= 11 is 6.16. The number of para-hydroxylation sites is 1. The maximum absolute atomic E-state index is 12.7. The van der Waals surface area contributed by atoms with E-state index >= 15 is 0 Å². The summed E-state index contributed by atoms with van der Waals surface area (Å²) in [6, 6.07) is 7.53. The van der Waals surface area contributed by atoms with Crippen LogP contribution in [0.2, 0.25) is 5.02 Å². The second-order valence-electron chi connectivity index (χ2n) is 5.81. The van der Waals surface area contributed by atoms with Crippen molar-refractivity contribution in [3.05, 3.63) is 46.7 Å². The Balaban J connectivity index is 1.80. The number of anilines is 2. The highest BCUT2D eigenvalue weighted by atomic mass is 35.5. The van der Waals surface area contributed by atoms with Crippen LogP contribution >= 0.6 is 11.6 Å². The Kier molecular flexibility index (Phi) is 5.83. The molecule has 25 heavy (non-hydrogen) atoms. The fourth-order valence-electron chi connectivity index (χ4n) is 2.75.